The van der Waals surface area contributed by atoms with Crippen LogP contribution in [0.2, 0.25) is 0 Å². The van der Waals surface area contributed by atoms with E-state index in [9.17, 15) is 5.26 Å². The number of hydrogen-bond donors (Lipinski definition) is 0. The predicted octanol–water partition coefficient (Wildman–Crippen LogP) is 2.92. The number of fused-ring (bicyclic) bond motifs is 1. The molecule has 0 radical (unpaired) electrons. The standard InChI is InChI=1S/C14H13N5S/c1-9(2)6-12-18-19-11(7-15)13(17-14(19)20-12)10-4-3-5-16-8-10/h3-5,8-9H,6H2,1-2H3. The number of pyridine rings is 1. The van der Waals surface area contributed by atoms with Crippen molar-refractivity contribution in [3.63, 3.8) is 0 Å². The Morgan fingerprint density at radius 1 is 1.45 bits per heavy atom. The van der Waals surface area contributed by atoms with Crippen LogP contribution in [0, 0.1) is 17.2 Å². The number of nitriles is 1. The first-order chi connectivity index (χ1) is 9.69. The Labute approximate surface area is 120 Å². The van der Waals surface area contributed by atoms with E-state index in [1.807, 2.05) is 12.1 Å². The van der Waals surface area contributed by atoms with Gasteiger partial charge in [0.25, 0.3) is 0 Å². The van der Waals surface area contributed by atoms with Crippen molar-refractivity contribution < 1.29 is 0 Å². The van der Waals surface area contributed by atoms with E-state index >= 15 is 0 Å². The molecule has 0 atom stereocenters. The second-order valence-corrected chi connectivity index (χ2v) is 5.99. The van der Waals surface area contributed by atoms with Gasteiger partial charge in [-0.25, -0.2) is 4.98 Å². The van der Waals surface area contributed by atoms with Crippen LogP contribution in [0.4, 0.5) is 0 Å². The molecule has 100 valence electrons. The topological polar surface area (TPSA) is 66.9 Å². The summed E-state index contributed by atoms with van der Waals surface area (Å²) in [5.41, 5.74) is 1.96. The fraction of sp³-hybridized carbons (Fsp3) is 0.286. The van der Waals surface area contributed by atoms with Gasteiger partial charge in [-0.15, -0.1) is 0 Å². The molecule has 3 heterocycles. The minimum absolute atomic E-state index is 0.472. The number of aromatic nitrogens is 4. The maximum absolute atomic E-state index is 9.39. The van der Waals surface area contributed by atoms with Crippen LogP contribution >= 0.6 is 11.3 Å². The summed E-state index contributed by atoms with van der Waals surface area (Å²) in [6.07, 6.45) is 4.32. The molecule has 0 fully saturated rings. The second-order valence-electron chi connectivity index (χ2n) is 4.95. The van der Waals surface area contributed by atoms with Gasteiger partial charge in [0.05, 0.1) is 0 Å². The molecule has 3 aromatic heterocycles. The summed E-state index contributed by atoms with van der Waals surface area (Å²) in [5.74, 6) is 0.536. The van der Waals surface area contributed by atoms with Crippen LogP contribution in [-0.2, 0) is 6.42 Å². The third kappa shape index (κ3) is 2.17. The molecule has 6 heteroatoms. The van der Waals surface area contributed by atoms with Crippen LogP contribution in [0.3, 0.4) is 0 Å². The van der Waals surface area contributed by atoms with Crippen molar-refractivity contribution in [2.75, 3.05) is 0 Å². The number of rotatable bonds is 3. The molecule has 0 amide bonds. The lowest BCUT2D eigenvalue weighted by molar-refractivity contribution is 0.636. The lowest BCUT2D eigenvalue weighted by atomic mass is 10.1. The monoisotopic (exact) mass is 283 g/mol. The predicted molar refractivity (Wildman–Crippen MR) is 77.4 cm³/mol. The molecule has 20 heavy (non-hydrogen) atoms. The molecule has 0 saturated carbocycles. The summed E-state index contributed by atoms with van der Waals surface area (Å²) in [7, 11) is 0. The Hall–Kier alpha value is -2.26. The van der Waals surface area contributed by atoms with Crippen LogP contribution in [-0.4, -0.2) is 19.6 Å². The SMILES string of the molecule is CC(C)Cc1nn2c(C#N)c(-c3cccnc3)nc2s1. The zero-order valence-electron chi connectivity index (χ0n) is 11.2. The van der Waals surface area contributed by atoms with Gasteiger partial charge >= 0.3 is 0 Å². The van der Waals surface area contributed by atoms with E-state index in [0.29, 0.717) is 17.3 Å². The van der Waals surface area contributed by atoms with Crippen molar-refractivity contribution in [1.82, 2.24) is 19.6 Å². The maximum Gasteiger partial charge on any atom is 0.214 e. The molecule has 0 aliphatic rings. The van der Waals surface area contributed by atoms with Crippen LogP contribution in [0.15, 0.2) is 24.5 Å². The molecular formula is C14H13N5S. The zero-order valence-corrected chi connectivity index (χ0v) is 12.1. The highest BCUT2D eigenvalue weighted by molar-refractivity contribution is 7.16. The van der Waals surface area contributed by atoms with E-state index in [0.717, 1.165) is 22.0 Å². The van der Waals surface area contributed by atoms with Gasteiger partial charge in [-0.1, -0.05) is 25.2 Å². The van der Waals surface area contributed by atoms with Crippen LogP contribution in [0.5, 0.6) is 0 Å². The molecule has 0 bridgehead atoms. The lowest BCUT2D eigenvalue weighted by Gasteiger charge is -1.98. The first-order valence-corrected chi connectivity index (χ1v) is 7.19. The molecule has 0 aliphatic carbocycles. The molecular weight excluding hydrogens is 270 g/mol. The Morgan fingerprint density at radius 3 is 2.95 bits per heavy atom. The highest BCUT2D eigenvalue weighted by atomic mass is 32.1. The molecule has 5 nitrogen and oxygen atoms in total. The number of hydrogen-bond acceptors (Lipinski definition) is 5. The van der Waals surface area contributed by atoms with E-state index in [1.165, 1.54) is 11.3 Å². The van der Waals surface area contributed by atoms with E-state index in [4.69, 9.17) is 0 Å². The van der Waals surface area contributed by atoms with Gasteiger partial charge in [0.15, 0.2) is 5.69 Å². The Kier molecular flexibility index (Phi) is 3.20. The second kappa shape index (κ2) is 5.02. The summed E-state index contributed by atoms with van der Waals surface area (Å²) in [4.78, 5) is 9.37. The lowest BCUT2D eigenvalue weighted by Crippen LogP contribution is -1.96. The Balaban J connectivity index is 2.12. The van der Waals surface area contributed by atoms with Gasteiger partial charge in [0.1, 0.15) is 16.8 Å². The van der Waals surface area contributed by atoms with Crippen molar-refractivity contribution in [1.29, 1.82) is 5.26 Å². The van der Waals surface area contributed by atoms with Gasteiger partial charge in [-0.2, -0.15) is 14.9 Å². The summed E-state index contributed by atoms with van der Waals surface area (Å²) in [6.45, 7) is 4.30. The maximum atomic E-state index is 9.39. The van der Waals surface area contributed by atoms with E-state index in [2.05, 4.69) is 35.0 Å². The Bertz CT molecular complexity index is 779. The average molecular weight is 283 g/mol. The van der Waals surface area contributed by atoms with Crippen molar-refractivity contribution in [3.05, 3.63) is 35.2 Å². The first kappa shape index (κ1) is 12.8. The van der Waals surface area contributed by atoms with Gasteiger partial charge in [0, 0.05) is 24.4 Å². The van der Waals surface area contributed by atoms with Gasteiger partial charge in [0.2, 0.25) is 4.96 Å². The minimum atomic E-state index is 0.472. The molecule has 0 aromatic carbocycles. The zero-order chi connectivity index (χ0) is 14.1. The van der Waals surface area contributed by atoms with Crippen LogP contribution in [0.25, 0.3) is 16.2 Å². The number of imidazole rings is 1. The molecule has 0 unspecified atom stereocenters. The largest absolute Gasteiger partial charge is 0.264 e. The van der Waals surface area contributed by atoms with E-state index in [-0.39, 0.29) is 0 Å². The Morgan fingerprint density at radius 2 is 2.30 bits per heavy atom. The van der Waals surface area contributed by atoms with Crippen molar-refractivity contribution in [2.45, 2.75) is 20.3 Å². The highest BCUT2D eigenvalue weighted by Gasteiger charge is 2.18. The van der Waals surface area contributed by atoms with E-state index < -0.39 is 0 Å². The summed E-state index contributed by atoms with van der Waals surface area (Å²) in [6, 6.07) is 5.93. The molecule has 0 spiro atoms. The van der Waals surface area contributed by atoms with Crippen LogP contribution < -0.4 is 0 Å². The molecule has 3 rings (SSSR count). The van der Waals surface area contributed by atoms with Crippen molar-refractivity contribution >= 4 is 16.3 Å². The first-order valence-electron chi connectivity index (χ1n) is 6.38. The summed E-state index contributed by atoms with van der Waals surface area (Å²) in [5, 5.41) is 14.9. The summed E-state index contributed by atoms with van der Waals surface area (Å²) < 4.78 is 1.64. The average Bonchev–Trinajstić information content (AvgIpc) is 2.95. The smallest absolute Gasteiger partial charge is 0.214 e. The summed E-state index contributed by atoms with van der Waals surface area (Å²) >= 11 is 1.54. The van der Waals surface area contributed by atoms with Crippen molar-refractivity contribution in [3.8, 4) is 17.3 Å². The molecule has 0 saturated heterocycles. The molecule has 0 aliphatic heterocycles. The fourth-order valence-electron chi connectivity index (χ4n) is 2.02. The molecule has 3 aromatic rings. The third-order valence-corrected chi connectivity index (χ3v) is 3.80. The van der Waals surface area contributed by atoms with Gasteiger partial charge in [-0.05, 0) is 18.1 Å². The van der Waals surface area contributed by atoms with Crippen LogP contribution in [0.1, 0.15) is 24.5 Å². The number of nitrogens with zero attached hydrogens (tertiary/aromatic N) is 5. The van der Waals surface area contributed by atoms with Gasteiger partial charge < -0.3 is 0 Å². The normalized spacial score (nSPS) is 11.1. The molecule has 0 N–H and O–H groups in total. The third-order valence-electron chi connectivity index (χ3n) is 2.87. The van der Waals surface area contributed by atoms with Gasteiger partial charge in [-0.3, -0.25) is 4.98 Å². The minimum Gasteiger partial charge on any atom is -0.264 e. The fourth-order valence-corrected chi connectivity index (χ4v) is 3.13. The van der Waals surface area contributed by atoms with Crippen molar-refractivity contribution in [2.24, 2.45) is 5.92 Å². The highest BCUT2D eigenvalue weighted by Crippen LogP contribution is 2.26. The van der Waals surface area contributed by atoms with E-state index in [1.54, 1.807) is 16.9 Å². The quantitative estimate of drug-likeness (QED) is 0.741.